The molecule has 3 N–H and O–H groups in total. The van der Waals surface area contributed by atoms with E-state index in [1.165, 1.54) is 23.1 Å². The molecule has 0 aliphatic carbocycles. The molecule has 8 nitrogen and oxygen atoms in total. The molecule has 1 atom stereocenters. The van der Waals surface area contributed by atoms with Gasteiger partial charge in [-0.2, -0.15) is 15.0 Å². The maximum absolute atomic E-state index is 12.9. The van der Waals surface area contributed by atoms with Crippen molar-refractivity contribution in [3.05, 3.63) is 77.6 Å². The summed E-state index contributed by atoms with van der Waals surface area (Å²) in [7, 11) is 0. The second-order valence-electron chi connectivity index (χ2n) is 6.79. The number of aryl methyl sites for hydroxylation is 1. The van der Waals surface area contributed by atoms with E-state index in [2.05, 4.69) is 25.8 Å². The van der Waals surface area contributed by atoms with Gasteiger partial charge in [0.1, 0.15) is 11.6 Å². The van der Waals surface area contributed by atoms with Gasteiger partial charge in [-0.25, -0.2) is 9.37 Å². The van der Waals surface area contributed by atoms with Crippen LogP contribution in [0.1, 0.15) is 29.3 Å². The summed E-state index contributed by atoms with van der Waals surface area (Å²) in [5.41, 5.74) is 2.64. The molecule has 2 aromatic heterocycles. The molecule has 0 spiro atoms. The fourth-order valence-corrected chi connectivity index (χ4v) is 2.84. The predicted octanol–water partition coefficient (Wildman–Crippen LogP) is 3.26. The Balaban J connectivity index is 1.68. The van der Waals surface area contributed by atoms with Crippen molar-refractivity contribution in [3.8, 4) is 5.69 Å². The van der Waals surface area contributed by atoms with Crippen LogP contribution in [0.15, 0.2) is 60.7 Å². The third-order valence-electron chi connectivity index (χ3n) is 4.27. The van der Waals surface area contributed by atoms with Gasteiger partial charge in [-0.3, -0.25) is 4.79 Å². The molecule has 0 aliphatic heterocycles. The minimum atomic E-state index is -0.422. The van der Waals surface area contributed by atoms with Crippen molar-refractivity contribution < 1.29 is 9.18 Å². The minimum absolute atomic E-state index is 0.243. The van der Waals surface area contributed by atoms with Crippen molar-refractivity contribution in [2.45, 2.75) is 26.3 Å². The van der Waals surface area contributed by atoms with E-state index >= 15 is 0 Å². The number of halogens is 1. The van der Waals surface area contributed by atoms with Crippen LogP contribution in [0.4, 0.5) is 10.2 Å². The van der Waals surface area contributed by atoms with Crippen LogP contribution in [-0.4, -0.2) is 38.1 Å². The molecule has 0 bridgehead atoms. The topological polar surface area (TPSA) is 109 Å². The molecule has 0 saturated heterocycles. The van der Waals surface area contributed by atoms with Crippen molar-refractivity contribution in [1.29, 1.82) is 5.41 Å². The van der Waals surface area contributed by atoms with E-state index < -0.39 is 5.82 Å². The third-order valence-corrected chi connectivity index (χ3v) is 4.27. The van der Waals surface area contributed by atoms with Gasteiger partial charge in [-0.15, -0.1) is 0 Å². The highest BCUT2D eigenvalue weighted by Gasteiger charge is 2.17. The number of aromatic nitrogens is 4. The van der Waals surface area contributed by atoms with Crippen molar-refractivity contribution in [2.24, 2.45) is 0 Å². The van der Waals surface area contributed by atoms with E-state index in [4.69, 9.17) is 5.41 Å². The van der Waals surface area contributed by atoms with E-state index in [-0.39, 0.29) is 11.9 Å². The highest BCUT2D eigenvalue weighted by Crippen LogP contribution is 2.16. The molecule has 0 radical (unpaired) electrons. The average molecular weight is 407 g/mol. The zero-order chi connectivity index (χ0) is 21.5. The Morgan fingerprint density at radius 3 is 2.70 bits per heavy atom. The second kappa shape index (κ2) is 9.55. The van der Waals surface area contributed by atoms with Crippen molar-refractivity contribution in [1.82, 2.24) is 25.3 Å². The normalized spacial score (nSPS) is 12.3. The highest BCUT2D eigenvalue weighted by atomic mass is 19.1. The first kappa shape index (κ1) is 20.8. The maximum Gasteiger partial charge on any atom is 0.253 e. The predicted molar refractivity (Wildman–Crippen MR) is 112 cm³/mol. The Bertz CT molecular complexity index is 1050. The van der Waals surface area contributed by atoms with Gasteiger partial charge in [-0.05, 0) is 50.1 Å². The molecule has 30 heavy (non-hydrogen) atoms. The lowest BCUT2D eigenvalue weighted by Gasteiger charge is -2.16. The Morgan fingerprint density at radius 2 is 2.03 bits per heavy atom. The largest absolute Gasteiger partial charge is 0.349 e. The number of benzene rings is 1. The van der Waals surface area contributed by atoms with Gasteiger partial charge >= 0.3 is 0 Å². The molecule has 154 valence electrons. The number of carbonyl (C=O) groups excluding carboxylic acids is 1. The number of pyridine rings is 1. The van der Waals surface area contributed by atoms with Gasteiger partial charge in [0.25, 0.3) is 5.91 Å². The van der Waals surface area contributed by atoms with Crippen LogP contribution in [0, 0.1) is 18.2 Å². The van der Waals surface area contributed by atoms with Gasteiger partial charge in [0, 0.05) is 18.5 Å². The molecule has 2 heterocycles. The average Bonchev–Trinajstić information content (AvgIpc) is 3.26. The summed E-state index contributed by atoms with van der Waals surface area (Å²) in [5, 5.41) is 21.7. The number of hydrogen-bond donors (Lipinski definition) is 3. The number of nitrogens with zero attached hydrogens (tertiary/aromatic N) is 4. The van der Waals surface area contributed by atoms with Crippen LogP contribution < -0.4 is 10.6 Å². The van der Waals surface area contributed by atoms with Gasteiger partial charge in [0.2, 0.25) is 0 Å². The van der Waals surface area contributed by atoms with Crippen molar-refractivity contribution >= 4 is 17.9 Å². The molecule has 9 heteroatoms. The maximum atomic E-state index is 12.9. The molecule has 1 amide bonds. The number of hydrogen-bond acceptors (Lipinski definition) is 6. The van der Waals surface area contributed by atoms with Crippen LogP contribution in [0.25, 0.3) is 5.69 Å². The Morgan fingerprint density at radius 1 is 1.27 bits per heavy atom. The molecule has 1 unspecified atom stereocenters. The highest BCUT2D eigenvalue weighted by molar-refractivity contribution is 5.98. The van der Waals surface area contributed by atoms with E-state index in [0.717, 1.165) is 11.8 Å². The molecule has 3 rings (SSSR count). The monoisotopic (exact) mass is 407 g/mol. The van der Waals surface area contributed by atoms with Crippen molar-refractivity contribution in [3.63, 3.8) is 0 Å². The zero-order valence-corrected chi connectivity index (χ0v) is 16.6. The summed E-state index contributed by atoms with van der Waals surface area (Å²) in [4.78, 5) is 18.2. The van der Waals surface area contributed by atoms with Crippen LogP contribution >= 0.6 is 0 Å². The van der Waals surface area contributed by atoms with Gasteiger partial charge in [0.05, 0.1) is 29.8 Å². The van der Waals surface area contributed by atoms with Crippen LogP contribution in [0.5, 0.6) is 0 Å². The van der Waals surface area contributed by atoms with Crippen LogP contribution in [-0.2, 0) is 0 Å². The quantitative estimate of drug-likeness (QED) is 0.497. The van der Waals surface area contributed by atoms with E-state index in [9.17, 15) is 9.18 Å². The molecule has 0 aliphatic rings. The summed E-state index contributed by atoms with van der Waals surface area (Å²) in [5.74, 6) is -0.214. The lowest BCUT2D eigenvalue weighted by molar-refractivity contribution is 0.0940. The van der Waals surface area contributed by atoms with Crippen LogP contribution in [0.3, 0.4) is 0 Å². The second-order valence-corrected chi connectivity index (χ2v) is 6.79. The lowest BCUT2D eigenvalue weighted by Crippen LogP contribution is -2.34. The number of carbonyl (C=O) groups is 1. The van der Waals surface area contributed by atoms with Gasteiger partial charge in [-0.1, -0.05) is 11.6 Å². The fourth-order valence-electron chi connectivity index (χ4n) is 2.84. The molecule has 3 aromatic rings. The first-order valence-corrected chi connectivity index (χ1v) is 9.32. The standard InChI is InChI=1S/C21H22FN7O/c1-14-3-5-19(29-26-7-8-27-29)18(9-14)21(30)28-15(2)10-16(11-23)12-24-20-6-4-17(22)13-25-20/h3-9,11-13,15,23H,10H2,1-2H3,(H,24,25)(H,28,30)/b16-12-,23-11?. The number of nitrogens with one attached hydrogen (secondary N) is 3. The summed E-state index contributed by atoms with van der Waals surface area (Å²) >= 11 is 0. The minimum Gasteiger partial charge on any atom is -0.349 e. The van der Waals surface area contributed by atoms with Crippen LogP contribution in [0.2, 0.25) is 0 Å². The first-order valence-electron chi connectivity index (χ1n) is 9.32. The fraction of sp³-hybridized carbons (Fsp3) is 0.190. The first-order chi connectivity index (χ1) is 14.5. The Kier molecular flexibility index (Phi) is 6.63. The molecule has 1 aromatic carbocycles. The van der Waals surface area contributed by atoms with E-state index in [0.29, 0.717) is 29.1 Å². The molecular formula is C21H22FN7O. The number of anilines is 1. The molecule has 0 saturated carbocycles. The Hall–Kier alpha value is -3.88. The third kappa shape index (κ3) is 5.34. The van der Waals surface area contributed by atoms with E-state index in [1.54, 1.807) is 30.7 Å². The summed E-state index contributed by atoms with van der Waals surface area (Å²) in [6, 6.07) is 8.04. The number of rotatable bonds is 8. The SMILES string of the molecule is Cc1ccc(-n2nccn2)c(C(=O)NC(C)C/C(C=N)=C/Nc2ccc(F)cn2)c1. The Labute approximate surface area is 173 Å². The lowest BCUT2D eigenvalue weighted by atomic mass is 10.1. The van der Waals surface area contributed by atoms with Gasteiger partial charge < -0.3 is 16.0 Å². The molecule has 0 fully saturated rings. The zero-order valence-electron chi connectivity index (χ0n) is 16.6. The summed E-state index contributed by atoms with van der Waals surface area (Å²) in [6.07, 6.45) is 7.44. The smallest absolute Gasteiger partial charge is 0.253 e. The number of amides is 1. The van der Waals surface area contributed by atoms with Crippen molar-refractivity contribution in [2.75, 3.05) is 5.32 Å². The van der Waals surface area contributed by atoms with E-state index in [1.807, 2.05) is 19.9 Å². The summed E-state index contributed by atoms with van der Waals surface area (Å²) in [6.45, 7) is 3.76. The summed E-state index contributed by atoms with van der Waals surface area (Å²) < 4.78 is 12.9. The molecular weight excluding hydrogens is 385 g/mol. The van der Waals surface area contributed by atoms with Gasteiger partial charge in [0.15, 0.2) is 0 Å².